The van der Waals surface area contributed by atoms with Gasteiger partial charge in [-0.3, -0.25) is 0 Å². The molecule has 0 spiro atoms. The van der Waals surface area contributed by atoms with Gasteiger partial charge >= 0.3 is 0 Å². The van der Waals surface area contributed by atoms with Crippen LogP contribution in [0.4, 0.5) is 11.4 Å². The van der Waals surface area contributed by atoms with Crippen LogP contribution in [0.3, 0.4) is 0 Å². The van der Waals surface area contributed by atoms with E-state index in [1.54, 1.807) is 0 Å². The van der Waals surface area contributed by atoms with E-state index < -0.39 is 0 Å². The van der Waals surface area contributed by atoms with Crippen molar-refractivity contribution >= 4 is 11.4 Å². The summed E-state index contributed by atoms with van der Waals surface area (Å²) < 4.78 is 0. The second kappa shape index (κ2) is 3.52. The lowest BCUT2D eigenvalue weighted by atomic mass is 10.1. The summed E-state index contributed by atoms with van der Waals surface area (Å²) >= 11 is 0. The van der Waals surface area contributed by atoms with Crippen LogP contribution in [0.1, 0.15) is 19.4 Å². The van der Waals surface area contributed by atoms with Gasteiger partial charge in [0.1, 0.15) is 0 Å². The van der Waals surface area contributed by atoms with Crippen molar-refractivity contribution in [1.29, 1.82) is 0 Å². The van der Waals surface area contributed by atoms with Crippen molar-refractivity contribution in [2.24, 2.45) is 0 Å². The van der Waals surface area contributed by atoms with Crippen molar-refractivity contribution in [1.82, 2.24) is 0 Å². The minimum absolute atomic E-state index is 0.593. The number of hydrogen-bond acceptors (Lipinski definition) is 2. The molecule has 1 atom stereocenters. The lowest BCUT2D eigenvalue weighted by Crippen LogP contribution is -2.41. The maximum absolute atomic E-state index is 3.48. The summed E-state index contributed by atoms with van der Waals surface area (Å²) in [5.74, 6) is 0. The van der Waals surface area contributed by atoms with Crippen LogP contribution in [0.5, 0.6) is 0 Å². The molecule has 1 aliphatic heterocycles. The lowest BCUT2D eigenvalue weighted by molar-refractivity contribution is 0.659. The number of hydrogen-bond donors (Lipinski definition) is 1. The van der Waals surface area contributed by atoms with Crippen LogP contribution in [0.25, 0.3) is 0 Å². The minimum Gasteiger partial charge on any atom is -0.381 e. The molecule has 2 heteroatoms. The molecule has 1 aromatic rings. The first kappa shape index (κ1) is 9.38. The summed E-state index contributed by atoms with van der Waals surface area (Å²) in [7, 11) is 0. The highest BCUT2D eigenvalue weighted by Gasteiger charge is 2.20. The Morgan fingerprint density at radius 2 is 2.29 bits per heavy atom. The van der Waals surface area contributed by atoms with Gasteiger partial charge in [0.25, 0.3) is 0 Å². The SMILES string of the molecule is CCN1c2ccc(C)cc2NCC1C. The number of nitrogens with one attached hydrogen (secondary N) is 1. The normalized spacial score (nSPS) is 20.2. The van der Waals surface area contributed by atoms with E-state index in [-0.39, 0.29) is 0 Å². The highest BCUT2D eigenvalue weighted by molar-refractivity contribution is 5.73. The third-order valence-corrected chi connectivity index (χ3v) is 2.92. The number of fused-ring (bicyclic) bond motifs is 1. The van der Waals surface area contributed by atoms with Crippen molar-refractivity contribution in [3.8, 4) is 0 Å². The van der Waals surface area contributed by atoms with Gasteiger partial charge in [0.2, 0.25) is 0 Å². The highest BCUT2D eigenvalue weighted by Crippen LogP contribution is 2.31. The molecular weight excluding hydrogens is 172 g/mol. The number of anilines is 2. The number of nitrogens with zero attached hydrogens (tertiary/aromatic N) is 1. The summed E-state index contributed by atoms with van der Waals surface area (Å²) in [6, 6.07) is 7.22. The van der Waals surface area contributed by atoms with Gasteiger partial charge in [-0.25, -0.2) is 0 Å². The molecule has 0 amide bonds. The Kier molecular flexibility index (Phi) is 2.36. The highest BCUT2D eigenvalue weighted by atomic mass is 15.2. The van der Waals surface area contributed by atoms with Crippen LogP contribution < -0.4 is 10.2 Å². The van der Waals surface area contributed by atoms with Crippen LogP contribution in [-0.4, -0.2) is 19.1 Å². The van der Waals surface area contributed by atoms with Crippen LogP contribution in [-0.2, 0) is 0 Å². The number of benzene rings is 1. The molecule has 1 N–H and O–H groups in total. The first-order chi connectivity index (χ1) is 6.72. The fourth-order valence-electron chi connectivity index (χ4n) is 2.13. The average Bonchev–Trinajstić information content (AvgIpc) is 2.18. The van der Waals surface area contributed by atoms with E-state index in [1.807, 2.05) is 0 Å². The topological polar surface area (TPSA) is 15.3 Å². The first-order valence-electron chi connectivity index (χ1n) is 5.33. The molecule has 1 aliphatic rings. The molecule has 0 aromatic heterocycles. The zero-order valence-electron chi connectivity index (χ0n) is 9.17. The Morgan fingerprint density at radius 1 is 1.50 bits per heavy atom. The number of aryl methyl sites for hydroxylation is 1. The van der Waals surface area contributed by atoms with E-state index in [1.165, 1.54) is 16.9 Å². The summed E-state index contributed by atoms with van der Waals surface area (Å²) in [5.41, 5.74) is 3.95. The fourth-order valence-corrected chi connectivity index (χ4v) is 2.13. The molecule has 2 nitrogen and oxygen atoms in total. The Balaban J connectivity index is 2.41. The number of rotatable bonds is 1. The van der Waals surface area contributed by atoms with Crippen molar-refractivity contribution in [3.63, 3.8) is 0 Å². The monoisotopic (exact) mass is 190 g/mol. The molecule has 0 saturated carbocycles. The molecule has 14 heavy (non-hydrogen) atoms. The van der Waals surface area contributed by atoms with Crippen molar-refractivity contribution in [2.75, 3.05) is 23.3 Å². The largest absolute Gasteiger partial charge is 0.381 e. The van der Waals surface area contributed by atoms with E-state index in [0.717, 1.165) is 13.1 Å². The Bertz CT molecular complexity index is 333. The van der Waals surface area contributed by atoms with Crippen LogP contribution in [0.15, 0.2) is 18.2 Å². The van der Waals surface area contributed by atoms with Gasteiger partial charge in [-0.1, -0.05) is 6.07 Å². The summed E-state index contributed by atoms with van der Waals surface area (Å²) in [6.45, 7) is 8.74. The zero-order valence-corrected chi connectivity index (χ0v) is 9.17. The van der Waals surface area contributed by atoms with Crippen LogP contribution in [0, 0.1) is 6.92 Å². The molecule has 2 rings (SSSR count). The van der Waals surface area contributed by atoms with Gasteiger partial charge in [-0.15, -0.1) is 0 Å². The van der Waals surface area contributed by atoms with Crippen molar-refractivity contribution in [3.05, 3.63) is 23.8 Å². The summed E-state index contributed by atoms with van der Waals surface area (Å²) in [6.07, 6.45) is 0. The van der Waals surface area contributed by atoms with Gasteiger partial charge in [0.15, 0.2) is 0 Å². The molecule has 1 unspecified atom stereocenters. The van der Waals surface area contributed by atoms with Crippen molar-refractivity contribution < 1.29 is 0 Å². The van der Waals surface area contributed by atoms with Gasteiger partial charge < -0.3 is 10.2 Å². The molecule has 0 aliphatic carbocycles. The quantitative estimate of drug-likeness (QED) is 0.732. The molecular formula is C12H18N2. The Hall–Kier alpha value is -1.18. The van der Waals surface area contributed by atoms with Gasteiger partial charge in [-0.05, 0) is 38.5 Å². The maximum atomic E-state index is 3.48. The first-order valence-corrected chi connectivity index (χ1v) is 5.33. The van der Waals surface area contributed by atoms with E-state index >= 15 is 0 Å². The van der Waals surface area contributed by atoms with Crippen molar-refractivity contribution in [2.45, 2.75) is 26.8 Å². The molecule has 1 heterocycles. The van der Waals surface area contributed by atoms with Gasteiger partial charge in [-0.2, -0.15) is 0 Å². The second-order valence-corrected chi connectivity index (χ2v) is 4.04. The summed E-state index contributed by atoms with van der Waals surface area (Å²) in [4.78, 5) is 2.45. The smallest absolute Gasteiger partial charge is 0.0605 e. The van der Waals surface area contributed by atoms with E-state index in [9.17, 15) is 0 Å². The third kappa shape index (κ3) is 1.45. The van der Waals surface area contributed by atoms with E-state index in [4.69, 9.17) is 0 Å². The Morgan fingerprint density at radius 3 is 3.00 bits per heavy atom. The van der Waals surface area contributed by atoms with Crippen LogP contribution in [0.2, 0.25) is 0 Å². The lowest BCUT2D eigenvalue weighted by Gasteiger charge is -2.37. The molecule has 0 saturated heterocycles. The number of likely N-dealkylation sites (N-methyl/N-ethyl adjacent to an activating group) is 1. The predicted molar refractivity (Wildman–Crippen MR) is 62.2 cm³/mol. The molecule has 0 radical (unpaired) electrons. The zero-order chi connectivity index (χ0) is 10.1. The maximum Gasteiger partial charge on any atom is 0.0605 e. The van der Waals surface area contributed by atoms with E-state index in [2.05, 4.69) is 49.2 Å². The second-order valence-electron chi connectivity index (χ2n) is 4.04. The van der Waals surface area contributed by atoms with Gasteiger partial charge in [0.05, 0.1) is 11.4 Å². The minimum atomic E-state index is 0.593. The molecule has 76 valence electrons. The van der Waals surface area contributed by atoms with E-state index in [0.29, 0.717) is 6.04 Å². The third-order valence-electron chi connectivity index (χ3n) is 2.92. The van der Waals surface area contributed by atoms with Crippen LogP contribution >= 0.6 is 0 Å². The standard InChI is InChI=1S/C12H18N2/c1-4-14-10(3)8-13-11-7-9(2)5-6-12(11)14/h5-7,10,13H,4,8H2,1-3H3. The average molecular weight is 190 g/mol. The Labute approximate surface area is 85.9 Å². The predicted octanol–water partition coefficient (Wildman–Crippen LogP) is 2.64. The summed E-state index contributed by atoms with van der Waals surface area (Å²) in [5, 5.41) is 3.48. The molecule has 0 bridgehead atoms. The fraction of sp³-hybridized carbons (Fsp3) is 0.500. The molecule has 1 aromatic carbocycles. The van der Waals surface area contributed by atoms with Gasteiger partial charge in [0, 0.05) is 19.1 Å². The molecule has 0 fully saturated rings.